The number of aromatic nitrogens is 1. The molecule has 1 aliphatic rings. The molecule has 0 bridgehead atoms. The van der Waals surface area contributed by atoms with Gasteiger partial charge in [0, 0.05) is 15.8 Å². The van der Waals surface area contributed by atoms with E-state index in [9.17, 15) is 5.26 Å². The minimum atomic E-state index is 0.253. The second-order valence-electron chi connectivity index (χ2n) is 4.79. The van der Waals surface area contributed by atoms with Crippen LogP contribution in [0.3, 0.4) is 0 Å². The zero-order valence-electron chi connectivity index (χ0n) is 11.9. The van der Waals surface area contributed by atoms with Gasteiger partial charge < -0.3 is 9.47 Å². The van der Waals surface area contributed by atoms with Gasteiger partial charge in [-0.05, 0) is 35.7 Å². The molecule has 0 spiro atoms. The predicted molar refractivity (Wildman–Crippen MR) is 91.5 cm³/mol. The van der Waals surface area contributed by atoms with Crippen molar-refractivity contribution in [1.29, 1.82) is 5.26 Å². The van der Waals surface area contributed by atoms with Crippen molar-refractivity contribution in [1.82, 2.24) is 4.98 Å². The van der Waals surface area contributed by atoms with Crippen LogP contribution < -0.4 is 9.47 Å². The van der Waals surface area contributed by atoms with E-state index in [0.717, 1.165) is 27.6 Å². The lowest BCUT2D eigenvalue weighted by molar-refractivity contribution is 0.174. The van der Waals surface area contributed by atoms with Gasteiger partial charge in [0.2, 0.25) is 6.79 Å². The largest absolute Gasteiger partial charge is 0.454 e. The minimum Gasteiger partial charge on any atom is -0.454 e. The first-order chi connectivity index (χ1) is 11.3. The fourth-order valence-corrected chi connectivity index (χ4v) is 3.70. The van der Waals surface area contributed by atoms with E-state index in [1.54, 1.807) is 11.3 Å². The van der Waals surface area contributed by atoms with Gasteiger partial charge >= 0.3 is 0 Å². The lowest BCUT2D eigenvalue weighted by Crippen LogP contribution is -1.92. The fourth-order valence-electron chi connectivity index (χ4n) is 2.24. The third-order valence-electron chi connectivity index (χ3n) is 3.35. The van der Waals surface area contributed by atoms with Gasteiger partial charge in [-0.1, -0.05) is 6.07 Å². The van der Waals surface area contributed by atoms with Gasteiger partial charge in [0.05, 0.1) is 11.3 Å². The first-order valence-electron chi connectivity index (χ1n) is 6.85. The summed E-state index contributed by atoms with van der Waals surface area (Å²) in [5.41, 5.74) is 2.35. The van der Waals surface area contributed by atoms with Crippen LogP contribution in [0.1, 0.15) is 9.88 Å². The molecule has 0 N–H and O–H groups in total. The van der Waals surface area contributed by atoms with Gasteiger partial charge in [-0.2, -0.15) is 5.26 Å². The molecular weight excluding hydrogens is 328 g/mol. The molecule has 0 saturated carbocycles. The summed E-state index contributed by atoms with van der Waals surface area (Å²) in [6.07, 6.45) is 1.87. The number of fused-ring (bicyclic) bond motifs is 1. The molecule has 1 aromatic carbocycles. The van der Waals surface area contributed by atoms with Crippen molar-refractivity contribution in [3.8, 4) is 28.8 Å². The Bertz CT molecular complexity index is 920. The van der Waals surface area contributed by atoms with Gasteiger partial charge in [0.1, 0.15) is 11.1 Å². The average Bonchev–Trinajstić information content (AvgIpc) is 3.31. The van der Waals surface area contributed by atoms with E-state index in [0.29, 0.717) is 10.6 Å². The molecule has 0 unspecified atom stereocenters. The number of nitriles is 1. The van der Waals surface area contributed by atoms with Crippen molar-refractivity contribution < 1.29 is 9.47 Å². The number of ether oxygens (including phenoxy) is 2. The Morgan fingerprint density at radius 2 is 2.13 bits per heavy atom. The molecule has 0 atom stereocenters. The number of benzene rings is 1. The highest BCUT2D eigenvalue weighted by atomic mass is 32.1. The van der Waals surface area contributed by atoms with Gasteiger partial charge in [-0.25, -0.2) is 4.98 Å². The molecule has 4 nitrogen and oxygen atoms in total. The number of nitrogens with zero attached hydrogens (tertiary/aromatic N) is 2. The zero-order valence-corrected chi connectivity index (χ0v) is 13.5. The summed E-state index contributed by atoms with van der Waals surface area (Å²) >= 11 is 3.06. The highest BCUT2D eigenvalue weighted by molar-refractivity contribution is 7.12. The Balaban J connectivity index is 1.68. The molecule has 112 valence electrons. The van der Waals surface area contributed by atoms with Crippen molar-refractivity contribution in [2.24, 2.45) is 0 Å². The molecule has 0 fully saturated rings. The number of thiophene rings is 1. The molecule has 3 heterocycles. The molecule has 4 rings (SSSR count). The summed E-state index contributed by atoms with van der Waals surface area (Å²) in [6.45, 7) is 0.253. The molecule has 0 saturated heterocycles. The topological polar surface area (TPSA) is 55.1 Å². The Kier molecular flexibility index (Phi) is 3.58. The third kappa shape index (κ3) is 2.72. The normalized spacial score (nSPS) is 13.1. The van der Waals surface area contributed by atoms with Gasteiger partial charge in [0.15, 0.2) is 11.5 Å². The van der Waals surface area contributed by atoms with E-state index in [4.69, 9.17) is 9.47 Å². The smallest absolute Gasteiger partial charge is 0.231 e. The molecule has 3 aromatic rings. The van der Waals surface area contributed by atoms with Gasteiger partial charge in [-0.15, -0.1) is 22.7 Å². The molecule has 0 aliphatic carbocycles. The van der Waals surface area contributed by atoms with E-state index in [1.807, 2.05) is 47.2 Å². The number of rotatable bonds is 3. The van der Waals surface area contributed by atoms with Crippen LogP contribution in [0.5, 0.6) is 11.5 Å². The molecule has 6 heteroatoms. The minimum absolute atomic E-state index is 0.253. The predicted octanol–water partition coefficient (Wildman–Crippen LogP) is 4.66. The average molecular weight is 338 g/mol. The van der Waals surface area contributed by atoms with Gasteiger partial charge in [-0.3, -0.25) is 0 Å². The Morgan fingerprint density at radius 1 is 1.22 bits per heavy atom. The summed E-state index contributed by atoms with van der Waals surface area (Å²) in [5.74, 6) is 1.48. The second kappa shape index (κ2) is 5.88. The van der Waals surface area contributed by atoms with E-state index in [2.05, 4.69) is 11.1 Å². The first-order valence-corrected chi connectivity index (χ1v) is 8.60. The maximum absolute atomic E-state index is 9.40. The van der Waals surface area contributed by atoms with Crippen LogP contribution in [0.2, 0.25) is 0 Å². The van der Waals surface area contributed by atoms with Crippen molar-refractivity contribution in [2.45, 2.75) is 0 Å². The maximum atomic E-state index is 9.40. The van der Waals surface area contributed by atoms with Crippen molar-refractivity contribution in [3.63, 3.8) is 0 Å². The molecule has 2 aromatic heterocycles. The van der Waals surface area contributed by atoms with Crippen LogP contribution in [0.4, 0.5) is 0 Å². The van der Waals surface area contributed by atoms with Crippen molar-refractivity contribution in [2.75, 3.05) is 6.79 Å². The van der Waals surface area contributed by atoms with Crippen LogP contribution in [0, 0.1) is 11.3 Å². The Morgan fingerprint density at radius 3 is 2.96 bits per heavy atom. The van der Waals surface area contributed by atoms with E-state index in [-0.39, 0.29) is 6.79 Å². The SMILES string of the molecule is N#CC(=Cc1cccs1)c1nc(-c2ccc3c(c2)OCO3)cs1. The molecular formula is C17H10N2O2S2. The van der Waals surface area contributed by atoms with E-state index in [1.165, 1.54) is 11.3 Å². The highest BCUT2D eigenvalue weighted by Crippen LogP contribution is 2.36. The number of allylic oxidation sites excluding steroid dienone is 1. The van der Waals surface area contributed by atoms with Crippen LogP contribution in [-0.2, 0) is 0 Å². The Labute approximate surface area is 140 Å². The standard InChI is InChI=1S/C17H10N2O2S2/c18-8-12(6-13-2-1-5-22-13)17-19-14(9-23-17)11-3-4-15-16(7-11)21-10-20-15/h1-7,9H,10H2. The van der Waals surface area contributed by atoms with Crippen LogP contribution in [-0.4, -0.2) is 11.8 Å². The fraction of sp³-hybridized carbons (Fsp3) is 0.0588. The summed E-state index contributed by atoms with van der Waals surface area (Å²) in [5, 5.41) is 14.1. The summed E-state index contributed by atoms with van der Waals surface area (Å²) in [7, 11) is 0. The number of thiazole rings is 1. The third-order valence-corrected chi connectivity index (χ3v) is 5.05. The van der Waals surface area contributed by atoms with E-state index >= 15 is 0 Å². The van der Waals surface area contributed by atoms with Crippen LogP contribution >= 0.6 is 22.7 Å². The maximum Gasteiger partial charge on any atom is 0.231 e. The molecule has 23 heavy (non-hydrogen) atoms. The van der Waals surface area contributed by atoms with Gasteiger partial charge in [0.25, 0.3) is 0 Å². The van der Waals surface area contributed by atoms with E-state index < -0.39 is 0 Å². The summed E-state index contributed by atoms with van der Waals surface area (Å²) in [4.78, 5) is 5.64. The Hall–Kier alpha value is -2.62. The molecule has 0 amide bonds. The number of hydrogen-bond donors (Lipinski definition) is 0. The second-order valence-corrected chi connectivity index (χ2v) is 6.63. The van der Waals surface area contributed by atoms with Crippen molar-refractivity contribution >= 4 is 34.3 Å². The summed E-state index contributed by atoms with van der Waals surface area (Å²) < 4.78 is 10.7. The summed E-state index contributed by atoms with van der Waals surface area (Å²) in [6, 6.07) is 11.9. The molecule has 1 aliphatic heterocycles. The number of hydrogen-bond acceptors (Lipinski definition) is 6. The van der Waals surface area contributed by atoms with Crippen molar-refractivity contribution in [3.05, 3.63) is 51.0 Å². The van der Waals surface area contributed by atoms with Crippen LogP contribution in [0.25, 0.3) is 22.9 Å². The lowest BCUT2D eigenvalue weighted by Gasteiger charge is -1.99. The lowest BCUT2D eigenvalue weighted by atomic mass is 10.1. The zero-order chi connectivity index (χ0) is 15.6. The van der Waals surface area contributed by atoms with Crippen LogP contribution in [0.15, 0.2) is 41.1 Å². The highest BCUT2D eigenvalue weighted by Gasteiger charge is 2.15. The monoisotopic (exact) mass is 338 g/mol. The first kappa shape index (κ1) is 14.0. The quantitative estimate of drug-likeness (QED) is 0.652. The molecule has 0 radical (unpaired) electrons.